The highest BCUT2D eigenvalue weighted by Crippen LogP contribution is 2.45. The zero-order chi connectivity index (χ0) is 15.6. The highest BCUT2D eigenvalue weighted by atomic mass is 16.1. The molecule has 2 rings (SSSR count). The summed E-state index contributed by atoms with van der Waals surface area (Å²) in [4.78, 5) is 13.2. The zero-order valence-corrected chi connectivity index (χ0v) is 14.4. The molecule has 1 aromatic carbocycles. The first-order valence-electron chi connectivity index (χ1n) is 8.63. The van der Waals surface area contributed by atoms with Crippen molar-refractivity contribution < 1.29 is 4.79 Å². The Morgan fingerprint density at radius 3 is 2.05 bits per heavy atom. The maximum Gasteiger partial charge on any atom is 0.167 e. The molecule has 1 aliphatic rings. The van der Waals surface area contributed by atoms with E-state index in [1.54, 1.807) is 0 Å². The van der Waals surface area contributed by atoms with Gasteiger partial charge in [-0.3, -0.25) is 4.79 Å². The molecule has 0 heterocycles. The number of hydrogen-bond donors (Lipinski definition) is 0. The second-order valence-corrected chi connectivity index (χ2v) is 7.15. The van der Waals surface area contributed by atoms with E-state index < -0.39 is 0 Å². The van der Waals surface area contributed by atoms with E-state index in [2.05, 4.69) is 46.8 Å². The minimum Gasteiger partial charge on any atom is -0.294 e. The average Bonchev–Trinajstić information content (AvgIpc) is 2.84. The molecule has 0 aromatic heterocycles. The maximum atomic E-state index is 13.2. The number of rotatable bonds is 5. The average molecular weight is 286 g/mol. The molecule has 0 spiro atoms. The van der Waals surface area contributed by atoms with Crippen molar-refractivity contribution in [3.8, 4) is 0 Å². The molecule has 21 heavy (non-hydrogen) atoms. The Hall–Kier alpha value is -1.11. The quantitative estimate of drug-likeness (QED) is 0.664. The van der Waals surface area contributed by atoms with Crippen LogP contribution in [0.15, 0.2) is 12.1 Å². The summed E-state index contributed by atoms with van der Waals surface area (Å²) in [6, 6.07) is 4.52. The molecule has 0 N–H and O–H groups in total. The van der Waals surface area contributed by atoms with Crippen molar-refractivity contribution >= 4 is 5.78 Å². The molecule has 1 unspecified atom stereocenters. The van der Waals surface area contributed by atoms with Gasteiger partial charge in [0.05, 0.1) is 0 Å². The number of carbonyl (C=O) groups excluding carboxylic acids is 1. The van der Waals surface area contributed by atoms with Crippen molar-refractivity contribution in [1.29, 1.82) is 0 Å². The SMILES string of the molecule is CCc1cc(CC)c(C(=O)C2CCCC2(C)C)c(CC)c1. The molecule has 0 bridgehead atoms. The summed E-state index contributed by atoms with van der Waals surface area (Å²) in [5, 5.41) is 0. The van der Waals surface area contributed by atoms with Gasteiger partial charge in [0.25, 0.3) is 0 Å². The third-order valence-corrected chi connectivity index (χ3v) is 5.35. The van der Waals surface area contributed by atoms with Crippen LogP contribution in [0.3, 0.4) is 0 Å². The van der Waals surface area contributed by atoms with Gasteiger partial charge in [-0.05, 0) is 54.2 Å². The normalized spacial score (nSPS) is 20.7. The first-order chi connectivity index (χ1) is 9.94. The summed E-state index contributed by atoms with van der Waals surface area (Å²) in [6.45, 7) is 11.1. The van der Waals surface area contributed by atoms with Crippen molar-refractivity contribution in [2.75, 3.05) is 0 Å². The van der Waals surface area contributed by atoms with E-state index in [-0.39, 0.29) is 11.3 Å². The van der Waals surface area contributed by atoms with E-state index in [1.807, 2.05) is 0 Å². The molecule has 116 valence electrons. The second-order valence-electron chi connectivity index (χ2n) is 7.15. The molecular formula is C20H30O. The third-order valence-electron chi connectivity index (χ3n) is 5.35. The minimum atomic E-state index is 0.163. The molecule has 1 aliphatic carbocycles. The minimum absolute atomic E-state index is 0.163. The fourth-order valence-corrected chi connectivity index (χ4v) is 3.91. The first kappa shape index (κ1) is 16.3. The van der Waals surface area contributed by atoms with Crippen LogP contribution in [0.4, 0.5) is 0 Å². The lowest BCUT2D eigenvalue weighted by Crippen LogP contribution is -2.27. The van der Waals surface area contributed by atoms with Crippen LogP contribution in [-0.2, 0) is 19.3 Å². The molecule has 0 radical (unpaired) electrons. The van der Waals surface area contributed by atoms with Gasteiger partial charge in [0, 0.05) is 11.5 Å². The smallest absolute Gasteiger partial charge is 0.167 e. The molecule has 1 saturated carbocycles. The van der Waals surface area contributed by atoms with Gasteiger partial charge in [-0.25, -0.2) is 0 Å². The summed E-state index contributed by atoms with van der Waals surface area (Å²) in [5.41, 5.74) is 5.11. The summed E-state index contributed by atoms with van der Waals surface area (Å²) in [5.74, 6) is 0.620. The molecule has 0 saturated heterocycles. The van der Waals surface area contributed by atoms with Crippen molar-refractivity contribution in [2.45, 2.75) is 73.1 Å². The topological polar surface area (TPSA) is 17.1 Å². The van der Waals surface area contributed by atoms with Crippen LogP contribution < -0.4 is 0 Å². The number of carbonyl (C=O) groups is 1. The van der Waals surface area contributed by atoms with Crippen molar-refractivity contribution in [2.24, 2.45) is 11.3 Å². The van der Waals surface area contributed by atoms with E-state index >= 15 is 0 Å². The van der Waals surface area contributed by atoms with Gasteiger partial charge in [0.1, 0.15) is 0 Å². The number of benzene rings is 1. The van der Waals surface area contributed by atoms with E-state index in [9.17, 15) is 4.79 Å². The summed E-state index contributed by atoms with van der Waals surface area (Å²) in [6.07, 6.45) is 6.39. The third kappa shape index (κ3) is 3.07. The lowest BCUT2D eigenvalue weighted by atomic mass is 9.75. The van der Waals surface area contributed by atoms with Crippen LogP contribution in [-0.4, -0.2) is 5.78 Å². The fourth-order valence-electron chi connectivity index (χ4n) is 3.91. The second kappa shape index (κ2) is 6.34. The predicted molar refractivity (Wildman–Crippen MR) is 90.0 cm³/mol. The highest BCUT2D eigenvalue weighted by molar-refractivity contribution is 6.01. The van der Waals surface area contributed by atoms with Crippen LogP contribution in [0.1, 0.15) is 80.9 Å². The maximum absolute atomic E-state index is 13.2. The van der Waals surface area contributed by atoms with Gasteiger partial charge < -0.3 is 0 Å². The zero-order valence-electron chi connectivity index (χ0n) is 14.4. The molecule has 1 fully saturated rings. The predicted octanol–water partition coefficient (Wildman–Crippen LogP) is 5.38. The van der Waals surface area contributed by atoms with E-state index in [0.717, 1.165) is 31.2 Å². The lowest BCUT2D eigenvalue weighted by molar-refractivity contribution is 0.0837. The Morgan fingerprint density at radius 1 is 1.10 bits per heavy atom. The van der Waals surface area contributed by atoms with Gasteiger partial charge >= 0.3 is 0 Å². The molecule has 1 aromatic rings. The van der Waals surface area contributed by atoms with Crippen LogP contribution in [0.2, 0.25) is 0 Å². The highest BCUT2D eigenvalue weighted by Gasteiger charge is 2.40. The summed E-state index contributed by atoms with van der Waals surface area (Å²) < 4.78 is 0. The van der Waals surface area contributed by atoms with E-state index in [4.69, 9.17) is 0 Å². The molecule has 0 amide bonds. The van der Waals surface area contributed by atoms with Gasteiger partial charge in [0.15, 0.2) is 5.78 Å². The molecule has 1 heteroatoms. The van der Waals surface area contributed by atoms with Crippen LogP contribution in [0.25, 0.3) is 0 Å². The Balaban J connectivity index is 2.49. The van der Waals surface area contributed by atoms with Crippen molar-refractivity contribution in [3.63, 3.8) is 0 Å². The number of Topliss-reactive ketones (excluding diaryl/α,β-unsaturated/α-hetero) is 1. The van der Waals surface area contributed by atoms with Gasteiger partial charge in [-0.2, -0.15) is 0 Å². The van der Waals surface area contributed by atoms with Crippen LogP contribution >= 0.6 is 0 Å². The summed E-state index contributed by atoms with van der Waals surface area (Å²) >= 11 is 0. The number of ketones is 1. The molecule has 1 atom stereocenters. The van der Waals surface area contributed by atoms with Gasteiger partial charge in [0.2, 0.25) is 0 Å². The van der Waals surface area contributed by atoms with Crippen LogP contribution in [0, 0.1) is 11.3 Å². The Bertz CT molecular complexity index is 500. The van der Waals surface area contributed by atoms with Crippen LogP contribution in [0.5, 0.6) is 0 Å². The Labute approximate surface area is 130 Å². The largest absolute Gasteiger partial charge is 0.294 e. The number of aryl methyl sites for hydroxylation is 3. The monoisotopic (exact) mass is 286 g/mol. The summed E-state index contributed by atoms with van der Waals surface area (Å²) in [7, 11) is 0. The molecular weight excluding hydrogens is 256 g/mol. The van der Waals surface area contributed by atoms with E-state index in [1.165, 1.54) is 29.5 Å². The van der Waals surface area contributed by atoms with Gasteiger partial charge in [-0.15, -0.1) is 0 Å². The van der Waals surface area contributed by atoms with Gasteiger partial charge in [-0.1, -0.05) is 53.2 Å². The number of hydrogen-bond acceptors (Lipinski definition) is 1. The Kier molecular flexibility index (Phi) is 4.91. The lowest BCUT2D eigenvalue weighted by Gasteiger charge is -2.27. The first-order valence-corrected chi connectivity index (χ1v) is 8.63. The molecule has 1 nitrogen and oxygen atoms in total. The fraction of sp³-hybridized carbons (Fsp3) is 0.650. The molecule has 0 aliphatic heterocycles. The van der Waals surface area contributed by atoms with E-state index in [0.29, 0.717) is 5.78 Å². The standard InChI is InChI=1S/C20H30O/c1-6-14-12-15(7-2)18(16(8-3)13-14)19(21)17-10-9-11-20(17,4)5/h12-13,17H,6-11H2,1-5H3. The Morgan fingerprint density at radius 2 is 1.67 bits per heavy atom. The van der Waals surface area contributed by atoms with Crippen molar-refractivity contribution in [1.82, 2.24) is 0 Å². The van der Waals surface area contributed by atoms with Crippen molar-refractivity contribution in [3.05, 3.63) is 34.4 Å².